The average Bonchev–Trinajstić information content (AvgIpc) is 3.16. The molecule has 180 valence electrons. The van der Waals surface area contributed by atoms with Crippen molar-refractivity contribution in [3.05, 3.63) is 89.2 Å². The number of rotatable bonds is 7. The summed E-state index contributed by atoms with van der Waals surface area (Å²) in [6, 6.07) is 19.5. The second-order valence-corrected chi connectivity index (χ2v) is 9.02. The normalized spacial score (nSPS) is 12.4. The van der Waals surface area contributed by atoms with Gasteiger partial charge >= 0.3 is 12.1 Å². The Morgan fingerprint density at radius 1 is 0.971 bits per heavy atom. The number of carboxylic acids is 1. The molecule has 0 atom stereocenters. The van der Waals surface area contributed by atoms with Crippen LogP contribution in [0.2, 0.25) is 0 Å². The number of halogens is 1. The predicted molar refractivity (Wildman–Crippen MR) is 129 cm³/mol. The van der Waals surface area contributed by atoms with Gasteiger partial charge in [-0.2, -0.15) is 0 Å². The summed E-state index contributed by atoms with van der Waals surface area (Å²) in [4.78, 5) is 36.1. The summed E-state index contributed by atoms with van der Waals surface area (Å²) < 4.78 is 19.7. The molecule has 35 heavy (non-hydrogen) atoms. The molecule has 0 aromatic heterocycles. The lowest BCUT2D eigenvalue weighted by atomic mass is 9.94. The van der Waals surface area contributed by atoms with Crippen LogP contribution in [0.1, 0.15) is 41.3 Å². The quantitative estimate of drug-likeness (QED) is 0.444. The number of carbonyl (C=O) groups is 3. The fourth-order valence-corrected chi connectivity index (χ4v) is 4.00. The molecule has 1 aliphatic rings. The van der Waals surface area contributed by atoms with E-state index in [-0.39, 0.29) is 30.3 Å². The smallest absolute Gasteiger partial charge is 0.411 e. The van der Waals surface area contributed by atoms with Crippen LogP contribution in [0.4, 0.5) is 14.9 Å². The standard InChI is InChI=1S/C27H25FN2O5/c1-27(2,25(32)33)15-29-24(31)21-13-16(11-12-23(21)28)30-26(34)35-14-22-19-9-5-3-7-17(19)18-8-4-6-10-20(18)22/h3-13,22H,14-15H2,1-2H3,(H,29,31)(H,30,34)(H,32,33). The summed E-state index contributed by atoms with van der Waals surface area (Å²) in [6.07, 6.45) is -0.739. The van der Waals surface area contributed by atoms with Crippen LogP contribution in [-0.4, -0.2) is 36.2 Å². The van der Waals surface area contributed by atoms with Gasteiger partial charge in [0.05, 0.1) is 11.0 Å². The highest BCUT2D eigenvalue weighted by Gasteiger charge is 2.30. The van der Waals surface area contributed by atoms with Crippen molar-refractivity contribution in [2.75, 3.05) is 18.5 Å². The fourth-order valence-electron chi connectivity index (χ4n) is 4.00. The molecule has 0 aliphatic heterocycles. The van der Waals surface area contributed by atoms with Gasteiger partial charge in [0.15, 0.2) is 0 Å². The second kappa shape index (κ2) is 9.58. The van der Waals surface area contributed by atoms with Crippen molar-refractivity contribution in [2.24, 2.45) is 5.41 Å². The lowest BCUT2D eigenvalue weighted by Gasteiger charge is -2.19. The van der Waals surface area contributed by atoms with E-state index in [1.54, 1.807) is 0 Å². The molecular weight excluding hydrogens is 451 g/mol. The van der Waals surface area contributed by atoms with E-state index < -0.39 is 29.2 Å². The number of carbonyl (C=O) groups excluding carboxylic acids is 2. The minimum absolute atomic E-state index is 0.110. The Labute approximate surface area is 201 Å². The molecule has 0 heterocycles. The van der Waals surface area contributed by atoms with Crippen molar-refractivity contribution in [1.29, 1.82) is 0 Å². The molecule has 8 heteroatoms. The summed E-state index contributed by atoms with van der Waals surface area (Å²) in [7, 11) is 0. The van der Waals surface area contributed by atoms with Crippen LogP contribution in [0.5, 0.6) is 0 Å². The second-order valence-electron chi connectivity index (χ2n) is 9.02. The van der Waals surface area contributed by atoms with Crippen LogP contribution in [-0.2, 0) is 9.53 Å². The number of hydrogen-bond donors (Lipinski definition) is 3. The first-order chi connectivity index (χ1) is 16.7. The molecule has 4 rings (SSSR count). The average molecular weight is 477 g/mol. The number of amides is 2. The van der Waals surface area contributed by atoms with Crippen molar-refractivity contribution >= 4 is 23.7 Å². The predicted octanol–water partition coefficient (Wildman–Crippen LogP) is 5.03. The van der Waals surface area contributed by atoms with E-state index in [2.05, 4.69) is 10.6 Å². The third-order valence-corrected chi connectivity index (χ3v) is 6.07. The van der Waals surface area contributed by atoms with Gasteiger partial charge in [-0.15, -0.1) is 0 Å². The first kappa shape index (κ1) is 23.9. The number of benzene rings is 3. The van der Waals surface area contributed by atoms with Gasteiger partial charge in [0.2, 0.25) is 0 Å². The monoisotopic (exact) mass is 476 g/mol. The molecule has 0 saturated heterocycles. The maximum Gasteiger partial charge on any atom is 0.411 e. The SMILES string of the molecule is CC(C)(CNC(=O)c1cc(NC(=O)OCC2c3ccccc3-c3ccccc32)ccc1F)C(=O)O. The summed E-state index contributed by atoms with van der Waals surface area (Å²) in [5.41, 5.74) is 3.00. The zero-order chi connectivity index (χ0) is 25.2. The van der Waals surface area contributed by atoms with Crippen LogP contribution in [0, 0.1) is 11.2 Å². The van der Waals surface area contributed by atoms with Gasteiger partial charge in [-0.1, -0.05) is 48.5 Å². The van der Waals surface area contributed by atoms with Crippen molar-refractivity contribution in [2.45, 2.75) is 19.8 Å². The van der Waals surface area contributed by atoms with Gasteiger partial charge in [-0.05, 0) is 54.3 Å². The Balaban J connectivity index is 1.41. The number of hydrogen-bond acceptors (Lipinski definition) is 4. The van der Waals surface area contributed by atoms with Gasteiger partial charge in [-0.3, -0.25) is 14.9 Å². The third-order valence-electron chi connectivity index (χ3n) is 6.07. The minimum Gasteiger partial charge on any atom is -0.481 e. The summed E-state index contributed by atoms with van der Waals surface area (Å²) >= 11 is 0. The first-order valence-electron chi connectivity index (χ1n) is 11.1. The molecule has 3 aromatic carbocycles. The molecule has 2 amide bonds. The molecule has 1 aliphatic carbocycles. The highest BCUT2D eigenvalue weighted by molar-refractivity contribution is 5.96. The summed E-state index contributed by atoms with van der Waals surface area (Å²) in [5, 5.41) is 14.1. The zero-order valence-electron chi connectivity index (χ0n) is 19.3. The van der Waals surface area contributed by atoms with Crippen molar-refractivity contribution in [3.63, 3.8) is 0 Å². The Bertz CT molecular complexity index is 1260. The fraction of sp³-hybridized carbons (Fsp3) is 0.222. The Kier molecular flexibility index (Phi) is 6.55. The number of nitrogens with one attached hydrogen (secondary N) is 2. The molecule has 7 nitrogen and oxygen atoms in total. The molecule has 3 aromatic rings. The molecular formula is C27H25FN2O5. The number of ether oxygens (including phenoxy) is 1. The Morgan fingerprint density at radius 3 is 2.17 bits per heavy atom. The van der Waals surface area contributed by atoms with E-state index in [4.69, 9.17) is 4.74 Å². The molecule has 0 unspecified atom stereocenters. The van der Waals surface area contributed by atoms with E-state index in [9.17, 15) is 23.9 Å². The maximum absolute atomic E-state index is 14.2. The molecule has 0 spiro atoms. The van der Waals surface area contributed by atoms with Gasteiger partial charge < -0.3 is 15.2 Å². The Hall–Kier alpha value is -4.20. The maximum atomic E-state index is 14.2. The number of anilines is 1. The molecule has 0 fully saturated rings. The Morgan fingerprint density at radius 2 is 1.57 bits per heavy atom. The van der Waals surface area contributed by atoms with E-state index in [1.165, 1.54) is 26.0 Å². The van der Waals surface area contributed by atoms with Crippen LogP contribution in [0.15, 0.2) is 66.7 Å². The lowest BCUT2D eigenvalue weighted by molar-refractivity contribution is -0.146. The van der Waals surface area contributed by atoms with E-state index >= 15 is 0 Å². The molecule has 3 N–H and O–H groups in total. The van der Waals surface area contributed by atoms with Crippen LogP contribution in [0.3, 0.4) is 0 Å². The van der Waals surface area contributed by atoms with E-state index in [0.29, 0.717) is 0 Å². The van der Waals surface area contributed by atoms with Crippen LogP contribution in [0.25, 0.3) is 11.1 Å². The van der Waals surface area contributed by atoms with Crippen LogP contribution < -0.4 is 10.6 Å². The topological polar surface area (TPSA) is 105 Å². The van der Waals surface area contributed by atoms with Gasteiger partial charge in [0, 0.05) is 18.2 Å². The molecule has 0 radical (unpaired) electrons. The van der Waals surface area contributed by atoms with Crippen molar-refractivity contribution in [3.8, 4) is 11.1 Å². The first-order valence-corrected chi connectivity index (χ1v) is 11.1. The van der Waals surface area contributed by atoms with E-state index in [1.807, 2.05) is 48.5 Å². The van der Waals surface area contributed by atoms with Crippen LogP contribution >= 0.6 is 0 Å². The third kappa shape index (κ3) is 5.01. The minimum atomic E-state index is -1.22. The number of carboxylic acid groups (broad SMARTS) is 1. The molecule has 0 bridgehead atoms. The highest BCUT2D eigenvalue weighted by Crippen LogP contribution is 2.44. The number of fused-ring (bicyclic) bond motifs is 3. The summed E-state index contributed by atoms with van der Waals surface area (Å²) in [6.45, 7) is 2.81. The van der Waals surface area contributed by atoms with Gasteiger partial charge in [0.25, 0.3) is 5.91 Å². The van der Waals surface area contributed by atoms with Crippen molar-refractivity contribution in [1.82, 2.24) is 5.32 Å². The van der Waals surface area contributed by atoms with Crippen molar-refractivity contribution < 1.29 is 28.6 Å². The van der Waals surface area contributed by atoms with E-state index in [0.717, 1.165) is 28.3 Å². The number of aliphatic carboxylic acids is 1. The molecule has 0 saturated carbocycles. The zero-order valence-corrected chi connectivity index (χ0v) is 19.3. The largest absolute Gasteiger partial charge is 0.481 e. The summed E-state index contributed by atoms with van der Waals surface area (Å²) in [5.74, 6) is -2.79. The lowest BCUT2D eigenvalue weighted by Crippen LogP contribution is -2.39. The van der Waals surface area contributed by atoms with Gasteiger partial charge in [-0.25, -0.2) is 9.18 Å². The van der Waals surface area contributed by atoms with Gasteiger partial charge in [0.1, 0.15) is 12.4 Å². The highest BCUT2D eigenvalue weighted by atomic mass is 19.1.